The fraction of sp³-hybridized carbons (Fsp3) is 0.538. The molecule has 114 valence electrons. The minimum Gasteiger partial charge on any atom is -0.314 e. The summed E-state index contributed by atoms with van der Waals surface area (Å²) in [5.41, 5.74) is 0.425. The van der Waals surface area contributed by atoms with Gasteiger partial charge in [-0.15, -0.1) is 12.4 Å². The Morgan fingerprint density at radius 1 is 1.40 bits per heavy atom. The molecule has 2 unspecified atom stereocenters. The van der Waals surface area contributed by atoms with E-state index in [1.54, 1.807) is 6.92 Å². The molecule has 7 heteroatoms. The molecule has 0 amide bonds. The van der Waals surface area contributed by atoms with Gasteiger partial charge in [-0.3, -0.25) is 0 Å². The van der Waals surface area contributed by atoms with Crippen LogP contribution in [0.2, 0.25) is 0 Å². The van der Waals surface area contributed by atoms with E-state index in [1.807, 2.05) is 6.92 Å². The number of hydrogen-bond donors (Lipinski definition) is 2. The van der Waals surface area contributed by atoms with Gasteiger partial charge in [0.2, 0.25) is 10.0 Å². The van der Waals surface area contributed by atoms with E-state index in [4.69, 9.17) is 0 Å². The van der Waals surface area contributed by atoms with Crippen LogP contribution in [0.3, 0.4) is 0 Å². The van der Waals surface area contributed by atoms with Crippen LogP contribution in [-0.2, 0) is 10.0 Å². The van der Waals surface area contributed by atoms with Crippen LogP contribution in [0.25, 0.3) is 0 Å². The first-order valence-electron chi connectivity index (χ1n) is 6.40. The average Bonchev–Trinajstić information content (AvgIpc) is 2.27. The Morgan fingerprint density at radius 3 is 2.70 bits per heavy atom. The van der Waals surface area contributed by atoms with E-state index in [1.165, 1.54) is 18.2 Å². The number of benzene rings is 1. The van der Waals surface area contributed by atoms with Gasteiger partial charge in [0.05, 0.1) is 4.90 Å². The normalized spacial score (nSPS) is 23.1. The molecule has 0 spiro atoms. The lowest BCUT2D eigenvalue weighted by molar-refractivity contribution is 0.361. The van der Waals surface area contributed by atoms with Crippen molar-refractivity contribution in [2.24, 2.45) is 0 Å². The molecule has 1 aromatic carbocycles. The van der Waals surface area contributed by atoms with Crippen molar-refractivity contribution < 1.29 is 12.8 Å². The predicted octanol–water partition coefficient (Wildman–Crippen LogP) is 1.97. The van der Waals surface area contributed by atoms with Crippen molar-refractivity contribution in [2.75, 3.05) is 6.54 Å². The lowest BCUT2D eigenvalue weighted by Crippen LogP contribution is -2.46. The summed E-state index contributed by atoms with van der Waals surface area (Å²) in [6.07, 6.45) is 1.53. The second kappa shape index (κ2) is 6.85. The van der Waals surface area contributed by atoms with Gasteiger partial charge in [-0.25, -0.2) is 17.5 Å². The summed E-state index contributed by atoms with van der Waals surface area (Å²) in [6, 6.07) is 3.96. The van der Waals surface area contributed by atoms with Crippen LogP contribution in [0.1, 0.15) is 25.3 Å². The summed E-state index contributed by atoms with van der Waals surface area (Å²) in [6.45, 7) is 4.43. The second-order valence-electron chi connectivity index (χ2n) is 5.11. The van der Waals surface area contributed by atoms with E-state index < -0.39 is 15.8 Å². The fourth-order valence-corrected chi connectivity index (χ4v) is 3.95. The molecule has 2 rings (SSSR count). The first kappa shape index (κ1) is 17.4. The molecule has 4 nitrogen and oxygen atoms in total. The molecular weight excluding hydrogens is 303 g/mol. The van der Waals surface area contributed by atoms with Crippen molar-refractivity contribution in [3.05, 3.63) is 29.6 Å². The summed E-state index contributed by atoms with van der Waals surface area (Å²) in [5.74, 6) is -0.424. The molecule has 1 fully saturated rings. The van der Waals surface area contributed by atoms with Crippen LogP contribution in [-0.4, -0.2) is 27.0 Å². The first-order valence-corrected chi connectivity index (χ1v) is 7.88. The van der Waals surface area contributed by atoms with Crippen molar-refractivity contribution >= 4 is 22.4 Å². The van der Waals surface area contributed by atoms with Gasteiger partial charge in [0, 0.05) is 12.1 Å². The van der Waals surface area contributed by atoms with E-state index in [9.17, 15) is 12.8 Å². The highest BCUT2D eigenvalue weighted by Crippen LogP contribution is 2.18. The molecule has 2 N–H and O–H groups in total. The van der Waals surface area contributed by atoms with Crippen LogP contribution in [0, 0.1) is 12.7 Å². The molecular formula is C13H20ClFN2O2S. The molecule has 20 heavy (non-hydrogen) atoms. The lowest BCUT2D eigenvalue weighted by Gasteiger charge is -2.28. The molecule has 0 aliphatic carbocycles. The zero-order chi connectivity index (χ0) is 14.0. The number of sulfonamides is 1. The van der Waals surface area contributed by atoms with Crippen molar-refractivity contribution in [2.45, 2.75) is 43.7 Å². The van der Waals surface area contributed by atoms with Crippen LogP contribution in [0.4, 0.5) is 4.39 Å². The van der Waals surface area contributed by atoms with Crippen LogP contribution in [0.15, 0.2) is 23.1 Å². The number of aryl methyl sites for hydroxylation is 1. The Kier molecular flexibility index (Phi) is 5.94. The van der Waals surface area contributed by atoms with Crippen LogP contribution >= 0.6 is 12.4 Å². The summed E-state index contributed by atoms with van der Waals surface area (Å²) < 4.78 is 40.3. The third kappa shape index (κ3) is 4.15. The second-order valence-corrected chi connectivity index (χ2v) is 6.79. The van der Waals surface area contributed by atoms with E-state index >= 15 is 0 Å². The maximum Gasteiger partial charge on any atom is 0.241 e. The quantitative estimate of drug-likeness (QED) is 0.894. The topological polar surface area (TPSA) is 58.2 Å². The summed E-state index contributed by atoms with van der Waals surface area (Å²) in [7, 11) is -3.58. The molecule has 0 bridgehead atoms. The van der Waals surface area contributed by atoms with Crippen LogP contribution in [0.5, 0.6) is 0 Å². The zero-order valence-electron chi connectivity index (χ0n) is 11.5. The van der Waals surface area contributed by atoms with Gasteiger partial charge >= 0.3 is 0 Å². The van der Waals surface area contributed by atoms with Crippen molar-refractivity contribution in [1.29, 1.82) is 0 Å². The van der Waals surface area contributed by atoms with Gasteiger partial charge in [-0.05, 0) is 57.0 Å². The largest absolute Gasteiger partial charge is 0.314 e. The van der Waals surface area contributed by atoms with E-state index in [2.05, 4.69) is 10.0 Å². The minimum atomic E-state index is -3.58. The number of halogens is 2. The van der Waals surface area contributed by atoms with E-state index in [0.29, 0.717) is 11.6 Å². The Bertz CT molecular complexity index is 565. The molecule has 1 saturated heterocycles. The highest BCUT2D eigenvalue weighted by atomic mass is 35.5. The SMILES string of the molecule is Cc1cc(F)ccc1S(=O)(=O)NC1CCNC(C)C1.Cl. The molecule has 1 heterocycles. The molecule has 1 aliphatic rings. The summed E-state index contributed by atoms with van der Waals surface area (Å²) >= 11 is 0. The number of rotatable bonds is 3. The Hall–Kier alpha value is -0.690. The van der Waals surface area contributed by atoms with Gasteiger partial charge in [-0.1, -0.05) is 0 Å². The molecule has 1 aromatic rings. The van der Waals surface area contributed by atoms with E-state index in [0.717, 1.165) is 19.4 Å². The van der Waals surface area contributed by atoms with E-state index in [-0.39, 0.29) is 23.3 Å². The monoisotopic (exact) mass is 322 g/mol. The summed E-state index contributed by atoms with van der Waals surface area (Å²) in [4.78, 5) is 0.153. The van der Waals surface area contributed by atoms with Gasteiger partial charge in [0.25, 0.3) is 0 Å². The number of nitrogens with one attached hydrogen (secondary N) is 2. The van der Waals surface area contributed by atoms with Gasteiger partial charge < -0.3 is 5.32 Å². The molecule has 0 radical (unpaired) electrons. The third-order valence-electron chi connectivity index (χ3n) is 3.37. The molecule has 0 saturated carbocycles. The molecule has 1 aliphatic heterocycles. The van der Waals surface area contributed by atoms with Crippen molar-refractivity contribution in [3.63, 3.8) is 0 Å². The maximum absolute atomic E-state index is 13.0. The maximum atomic E-state index is 13.0. The van der Waals surface area contributed by atoms with Crippen molar-refractivity contribution in [3.8, 4) is 0 Å². The Labute approximate surface area is 125 Å². The smallest absolute Gasteiger partial charge is 0.241 e. The zero-order valence-corrected chi connectivity index (χ0v) is 13.2. The lowest BCUT2D eigenvalue weighted by atomic mass is 10.0. The number of hydrogen-bond acceptors (Lipinski definition) is 3. The average molecular weight is 323 g/mol. The highest BCUT2D eigenvalue weighted by Gasteiger charge is 2.25. The molecule has 0 aromatic heterocycles. The summed E-state index contributed by atoms with van der Waals surface area (Å²) in [5, 5.41) is 3.27. The van der Waals surface area contributed by atoms with Gasteiger partial charge in [0.15, 0.2) is 0 Å². The van der Waals surface area contributed by atoms with Gasteiger partial charge in [0.1, 0.15) is 5.82 Å². The predicted molar refractivity (Wildman–Crippen MR) is 79.2 cm³/mol. The first-order chi connectivity index (χ1) is 8.88. The highest BCUT2D eigenvalue weighted by molar-refractivity contribution is 7.89. The van der Waals surface area contributed by atoms with Gasteiger partial charge in [-0.2, -0.15) is 0 Å². The Morgan fingerprint density at radius 2 is 2.10 bits per heavy atom. The molecule has 2 atom stereocenters. The number of piperidine rings is 1. The van der Waals surface area contributed by atoms with Crippen LogP contribution < -0.4 is 10.0 Å². The fourth-order valence-electron chi connectivity index (χ4n) is 2.44. The minimum absolute atomic E-state index is 0. The third-order valence-corrected chi connectivity index (χ3v) is 5.05. The Balaban J connectivity index is 0.00000200. The van der Waals surface area contributed by atoms with Crippen molar-refractivity contribution in [1.82, 2.24) is 10.0 Å². The standard InChI is InChI=1S/C13H19FN2O2S.ClH/c1-9-7-11(14)3-4-13(9)19(17,18)16-12-5-6-15-10(2)8-12;/h3-4,7,10,12,15-16H,5-6,8H2,1-2H3;1H.